The SMILES string of the molecule is CCCCC(CC)C(=O)OCCOCCOCCOCCOCCOCCOCCOCCOCCOCCI. The Morgan fingerprint density at radius 3 is 1.07 bits per heavy atom. The van der Waals surface area contributed by atoms with Gasteiger partial charge in [-0.3, -0.25) is 4.79 Å². The van der Waals surface area contributed by atoms with Crippen molar-refractivity contribution >= 4 is 28.6 Å². The molecule has 1 atom stereocenters. The molecule has 0 radical (unpaired) electrons. The minimum atomic E-state index is -0.117. The number of carbonyl (C=O) groups is 1. The Labute approximate surface area is 255 Å². The fourth-order valence-corrected chi connectivity index (χ4v) is 3.49. The van der Waals surface area contributed by atoms with Crippen LogP contribution in [0.4, 0.5) is 0 Å². The summed E-state index contributed by atoms with van der Waals surface area (Å²) in [4.78, 5) is 12.0. The van der Waals surface area contributed by atoms with Crippen LogP contribution < -0.4 is 0 Å². The lowest BCUT2D eigenvalue weighted by molar-refractivity contribution is -0.150. The van der Waals surface area contributed by atoms with E-state index in [9.17, 15) is 4.79 Å². The molecule has 12 heteroatoms. The normalized spacial score (nSPS) is 12.2. The Kier molecular flexibility index (Phi) is 34.9. The molecular formula is C28H55IO11. The maximum absolute atomic E-state index is 12.0. The Morgan fingerprint density at radius 1 is 0.500 bits per heavy atom. The van der Waals surface area contributed by atoms with E-state index in [1.54, 1.807) is 0 Å². The average molecular weight is 695 g/mol. The summed E-state index contributed by atoms with van der Waals surface area (Å²) < 4.78 is 55.2. The third-order valence-electron chi connectivity index (χ3n) is 5.40. The van der Waals surface area contributed by atoms with Crippen LogP contribution in [0.5, 0.6) is 0 Å². The molecule has 0 bridgehead atoms. The first-order valence-electron chi connectivity index (χ1n) is 14.7. The zero-order chi connectivity index (χ0) is 29.2. The van der Waals surface area contributed by atoms with Crippen LogP contribution in [0, 0.1) is 5.92 Å². The first kappa shape index (κ1) is 39.8. The van der Waals surface area contributed by atoms with Gasteiger partial charge in [0, 0.05) is 4.43 Å². The van der Waals surface area contributed by atoms with E-state index in [1.807, 2.05) is 6.92 Å². The van der Waals surface area contributed by atoms with Gasteiger partial charge in [0.2, 0.25) is 0 Å². The van der Waals surface area contributed by atoms with E-state index in [2.05, 4.69) is 29.5 Å². The van der Waals surface area contributed by atoms with Gasteiger partial charge in [-0.15, -0.1) is 0 Å². The summed E-state index contributed by atoms with van der Waals surface area (Å²) in [6, 6.07) is 0. The van der Waals surface area contributed by atoms with Crippen molar-refractivity contribution in [3.8, 4) is 0 Å². The highest BCUT2D eigenvalue weighted by Gasteiger charge is 2.16. The van der Waals surface area contributed by atoms with E-state index in [0.29, 0.717) is 112 Å². The van der Waals surface area contributed by atoms with Gasteiger partial charge < -0.3 is 47.4 Å². The van der Waals surface area contributed by atoms with Crippen molar-refractivity contribution < 1.29 is 52.2 Å². The summed E-state index contributed by atoms with van der Waals surface area (Å²) in [5.41, 5.74) is 0. The summed E-state index contributed by atoms with van der Waals surface area (Å²) in [6.07, 6.45) is 3.85. The average Bonchev–Trinajstić information content (AvgIpc) is 2.96. The molecule has 0 amide bonds. The third-order valence-corrected chi connectivity index (χ3v) is 5.84. The van der Waals surface area contributed by atoms with E-state index in [1.165, 1.54) is 0 Å². The molecule has 0 aliphatic heterocycles. The van der Waals surface area contributed by atoms with Gasteiger partial charge in [0.25, 0.3) is 0 Å². The van der Waals surface area contributed by atoms with Gasteiger partial charge in [-0.1, -0.05) is 49.3 Å². The van der Waals surface area contributed by atoms with Crippen molar-refractivity contribution in [2.75, 3.05) is 130 Å². The first-order valence-corrected chi connectivity index (χ1v) is 16.2. The van der Waals surface area contributed by atoms with Gasteiger partial charge >= 0.3 is 5.97 Å². The van der Waals surface area contributed by atoms with E-state index in [0.717, 1.165) is 36.7 Å². The van der Waals surface area contributed by atoms with Crippen LogP contribution in [-0.4, -0.2) is 136 Å². The van der Waals surface area contributed by atoms with E-state index in [-0.39, 0.29) is 18.5 Å². The smallest absolute Gasteiger partial charge is 0.308 e. The van der Waals surface area contributed by atoms with Gasteiger partial charge in [-0.25, -0.2) is 0 Å². The number of hydrogen-bond acceptors (Lipinski definition) is 11. The molecule has 0 N–H and O–H groups in total. The second-order valence-electron chi connectivity index (χ2n) is 8.62. The fourth-order valence-electron chi connectivity index (χ4n) is 3.17. The number of halogens is 1. The maximum atomic E-state index is 12.0. The van der Waals surface area contributed by atoms with Crippen molar-refractivity contribution in [1.29, 1.82) is 0 Å². The Hall–Kier alpha value is -0.160. The Balaban J connectivity index is 3.15. The highest BCUT2D eigenvalue weighted by atomic mass is 127. The van der Waals surface area contributed by atoms with E-state index >= 15 is 0 Å². The van der Waals surface area contributed by atoms with Crippen molar-refractivity contribution in [1.82, 2.24) is 0 Å². The summed E-state index contributed by atoms with van der Waals surface area (Å²) in [7, 11) is 0. The zero-order valence-corrected chi connectivity index (χ0v) is 27.1. The van der Waals surface area contributed by atoms with Gasteiger partial charge in [0.15, 0.2) is 0 Å². The largest absolute Gasteiger partial charge is 0.463 e. The van der Waals surface area contributed by atoms with Gasteiger partial charge in [0.05, 0.1) is 125 Å². The molecule has 240 valence electrons. The van der Waals surface area contributed by atoms with Crippen LogP contribution in [0.2, 0.25) is 0 Å². The lowest BCUT2D eigenvalue weighted by Gasteiger charge is -2.13. The predicted octanol–water partition coefficient (Wildman–Crippen LogP) is 3.33. The van der Waals surface area contributed by atoms with Crippen molar-refractivity contribution in [3.63, 3.8) is 0 Å². The number of hydrogen-bond donors (Lipinski definition) is 0. The molecule has 40 heavy (non-hydrogen) atoms. The predicted molar refractivity (Wildman–Crippen MR) is 161 cm³/mol. The van der Waals surface area contributed by atoms with Gasteiger partial charge in [-0.05, 0) is 12.8 Å². The molecule has 0 saturated heterocycles. The minimum absolute atomic E-state index is 0.00155. The quantitative estimate of drug-likeness (QED) is 0.0429. The fraction of sp³-hybridized carbons (Fsp3) is 0.964. The van der Waals surface area contributed by atoms with Gasteiger partial charge in [-0.2, -0.15) is 0 Å². The number of rotatable bonds is 34. The van der Waals surface area contributed by atoms with E-state index < -0.39 is 0 Å². The monoisotopic (exact) mass is 694 g/mol. The number of ether oxygens (including phenoxy) is 10. The molecule has 0 aliphatic rings. The van der Waals surface area contributed by atoms with Crippen LogP contribution in [0.3, 0.4) is 0 Å². The molecule has 0 fully saturated rings. The molecule has 0 saturated carbocycles. The second kappa shape index (κ2) is 35.0. The van der Waals surface area contributed by atoms with Crippen molar-refractivity contribution in [3.05, 3.63) is 0 Å². The zero-order valence-electron chi connectivity index (χ0n) is 24.9. The lowest BCUT2D eigenvalue weighted by Crippen LogP contribution is -2.20. The van der Waals surface area contributed by atoms with Crippen LogP contribution in [-0.2, 0) is 52.2 Å². The number of alkyl halides is 1. The van der Waals surface area contributed by atoms with Crippen LogP contribution >= 0.6 is 22.6 Å². The third kappa shape index (κ3) is 30.8. The summed E-state index contributed by atoms with van der Waals surface area (Å²) in [6.45, 7) is 14.0. The molecule has 0 aromatic carbocycles. The molecule has 0 aromatic rings. The van der Waals surface area contributed by atoms with Crippen molar-refractivity contribution in [2.24, 2.45) is 5.92 Å². The summed E-state index contributed by atoms with van der Waals surface area (Å²) >= 11 is 2.28. The van der Waals surface area contributed by atoms with Crippen LogP contribution in [0.15, 0.2) is 0 Å². The van der Waals surface area contributed by atoms with Crippen LogP contribution in [0.1, 0.15) is 39.5 Å². The highest BCUT2D eigenvalue weighted by molar-refractivity contribution is 14.1. The topological polar surface area (TPSA) is 109 Å². The van der Waals surface area contributed by atoms with Gasteiger partial charge in [0.1, 0.15) is 6.61 Å². The molecule has 11 nitrogen and oxygen atoms in total. The van der Waals surface area contributed by atoms with Crippen LogP contribution in [0.25, 0.3) is 0 Å². The molecule has 0 aliphatic carbocycles. The second-order valence-corrected chi connectivity index (χ2v) is 9.69. The first-order chi connectivity index (χ1) is 19.8. The Bertz CT molecular complexity index is 503. The molecule has 1 unspecified atom stereocenters. The highest BCUT2D eigenvalue weighted by Crippen LogP contribution is 2.14. The Morgan fingerprint density at radius 2 is 0.800 bits per heavy atom. The maximum Gasteiger partial charge on any atom is 0.308 e. The number of carbonyl (C=O) groups excluding carboxylic acids is 1. The number of esters is 1. The minimum Gasteiger partial charge on any atom is -0.463 e. The standard InChI is InChI=1S/C28H55IO11/c1-3-5-6-27(4-2)28(30)40-26-25-39-24-23-38-22-21-37-20-19-36-18-17-35-16-15-34-14-13-33-12-11-32-10-9-31-8-7-29/h27H,3-26H2,1-2H3. The van der Waals surface area contributed by atoms with Crippen molar-refractivity contribution in [2.45, 2.75) is 39.5 Å². The van der Waals surface area contributed by atoms with E-state index in [4.69, 9.17) is 47.4 Å². The molecule has 0 rings (SSSR count). The lowest BCUT2D eigenvalue weighted by atomic mass is 10.00. The number of unbranched alkanes of at least 4 members (excludes halogenated alkanes) is 1. The molecule has 0 spiro atoms. The molecule has 0 heterocycles. The summed E-state index contributed by atoms with van der Waals surface area (Å²) in [5.74, 6) is -0.115. The molecule has 0 aromatic heterocycles. The molecular weight excluding hydrogens is 639 g/mol. The summed E-state index contributed by atoms with van der Waals surface area (Å²) in [5, 5.41) is 0.